The second kappa shape index (κ2) is 5.47. The van der Waals surface area contributed by atoms with Gasteiger partial charge in [-0.05, 0) is 25.5 Å². The molecule has 22 heavy (non-hydrogen) atoms. The van der Waals surface area contributed by atoms with Crippen LogP contribution in [-0.2, 0) is 11.3 Å². The van der Waals surface area contributed by atoms with Crippen molar-refractivity contribution in [3.8, 4) is 0 Å². The second-order valence-corrected chi connectivity index (χ2v) is 5.10. The maximum atomic E-state index is 12.9. The minimum Gasteiger partial charge on any atom is -0.341 e. The fourth-order valence-corrected chi connectivity index (χ4v) is 1.91. The SMILES string of the molecule is CCC(C)(NC(=O)Cn1nc2ccccn2c1=O)C(F)(F)F. The Bertz CT molecular complexity index is 750. The van der Waals surface area contributed by atoms with Gasteiger partial charge < -0.3 is 5.32 Å². The van der Waals surface area contributed by atoms with E-state index in [0.29, 0.717) is 5.65 Å². The van der Waals surface area contributed by atoms with Crippen LogP contribution in [0.2, 0.25) is 0 Å². The fraction of sp³-hybridized carbons (Fsp3) is 0.462. The van der Waals surface area contributed by atoms with Gasteiger partial charge in [0.1, 0.15) is 12.1 Å². The zero-order chi connectivity index (χ0) is 16.5. The van der Waals surface area contributed by atoms with E-state index in [2.05, 4.69) is 5.10 Å². The van der Waals surface area contributed by atoms with Crippen LogP contribution >= 0.6 is 0 Å². The van der Waals surface area contributed by atoms with Crippen molar-refractivity contribution in [3.63, 3.8) is 0 Å². The number of rotatable bonds is 4. The van der Waals surface area contributed by atoms with Crippen molar-refractivity contribution in [1.29, 1.82) is 0 Å². The van der Waals surface area contributed by atoms with E-state index in [1.54, 1.807) is 18.2 Å². The smallest absolute Gasteiger partial charge is 0.341 e. The van der Waals surface area contributed by atoms with Crippen molar-refractivity contribution in [2.75, 3.05) is 0 Å². The molecule has 0 fully saturated rings. The van der Waals surface area contributed by atoms with Gasteiger partial charge in [-0.25, -0.2) is 9.48 Å². The molecule has 6 nitrogen and oxygen atoms in total. The summed E-state index contributed by atoms with van der Waals surface area (Å²) in [6.45, 7) is 1.65. The molecule has 120 valence electrons. The zero-order valence-corrected chi connectivity index (χ0v) is 12.0. The Morgan fingerprint density at radius 2 is 2.05 bits per heavy atom. The third kappa shape index (κ3) is 2.83. The van der Waals surface area contributed by atoms with Gasteiger partial charge in [0.05, 0.1) is 0 Å². The molecule has 1 N–H and O–H groups in total. The molecule has 2 rings (SSSR count). The van der Waals surface area contributed by atoms with Crippen molar-refractivity contribution in [1.82, 2.24) is 19.5 Å². The Morgan fingerprint density at radius 3 is 2.59 bits per heavy atom. The van der Waals surface area contributed by atoms with E-state index >= 15 is 0 Å². The van der Waals surface area contributed by atoms with Gasteiger partial charge in [0.2, 0.25) is 5.91 Å². The Morgan fingerprint density at radius 1 is 1.36 bits per heavy atom. The Hall–Kier alpha value is -2.32. The average Bonchev–Trinajstić information content (AvgIpc) is 2.74. The molecule has 1 atom stereocenters. The Labute approximate surface area is 123 Å². The van der Waals surface area contributed by atoms with Gasteiger partial charge in [0, 0.05) is 6.20 Å². The highest BCUT2D eigenvalue weighted by molar-refractivity contribution is 5.76. The first-order valence-corrected chi connectivity index (χ1v) is 6.60. The molecular weight excluding hydrogens is 301 g/mol. The first-order chi connectivity index (χ1) is 10.2. The third-order valence-corrected chi connectivity index (χ3v) is 3.53. The Kier molecular flexibility index (Phi) is 3.99. The number of hydrogen-bond acceptors (Lipinski definition) is 3. The number of pyridine rings is 1. The normalized spacial score (nSPS) is 14.8. The average molecular weight is 316 g/mol. The highest BCUT2D eigenvalue weighted by Crippen LogP contribution is 2.32. The number of nitrogens with one attached hydrogen (secondary N) is 1. The highest BCUT2D eigenvalue weighted by atomic mass is 19.4. The summed E-state index contributed by atoms with van der Waals surface area (Å²) >= 11 is 0. The van der Waals surface area contributed by atoms with Crippen LogP contribution in [-0.4, -0.2) is 31.8 Å². The van der Waals surface area contributed by atoms with Gasteiger partial charge in [0.15, 0.2) is 5.65 Å². The second-order valence-electron chi connectivity index (χ2n) is 5.10. The van der Waals surface area contributed by atoms with Gasteiger partial charge in [-0.3, -0.25) is 9.20 Å². The van der Waals surface area contributed by atoms with Crippen molar-refractivity contribution in [2.24, 2.45) is 0 Å². The number of carbonyl (C=O) groups is 1. The van der Waals surface area contributed by atoms with Gasteiger partial charge in [0.25, 0.3) is 0 Å². The fourth-order valence-electron chi connectivity index (χ4n) is 1.91. The molecule has 0 aliphatic heterocycles. The standard InChI is InChI=1S/C13H15F3N4O2/c1-3-12(2,13(14,15)16)17-10(21)8-20-11(22)19-7-5-4-6-9(19)18-20/h4-7H,3,8H2,1-2H3,(H,17,21). The summed E-state index contributed by atoms with van der Waals surface area (Å²) in [5, 5.41) is 5.83. The first kappa shape index (κ1) is 16.1. The van der Waals surface area contributed by atoms with E-state index in [-0.39, 0.29) is 6.42 Å². The lowest BCUT2D eigenvalue weighted by atomic mass is 9.98. The monoisotopic (exact) mass is 316 g/mol. The van der Waals surface area contributed by atoms with Crippen molar-refractivity contribution in [2.45, 2.75) is 38.5 Å². The molecule has 2 aromatic heterocycles. The lowest BCUT2D eigenvalue weighted by Gasteiger charge is -2.31. The number of aromatic nitrogens is 3. The molecule has 0 aromatic carbocycles. The number of amides is 1. The van der Waals surface area contributed by atoms with Crippen LogP contribution in [0.25, 0.3) is 5.65 Å². The highest BCUT2D eigenvalue weighted by Gasteiger charge is 2.50. The van der Waals surface area contributed by atoms with Crippen LogP contribution in [0, 0.1) is 0 Å². The molecule has 9 heteroatoms. The maximum absolute atomic E-state index is 12.9. The molecule has 2 aromatic rings. The van der Waals surface area contributed by atoms with Gasteiger partial charge in [-0.15, -0.1) is 5.10 Å². The number of alkyl halides is 3. The summed E-state index contributed by atoms with van der Waals surface area (Å²) in [5.41, 5.74) is -2.61. The van der Waals surface area contributed by atoms with Crippen molar-refractivity contribution in [3.05, 3.63) is 34.9 Å². The maximum Gasteiger partial charge on any atom is 0.411 e. The molecule has 0 bridgehead atoms. The number of halogens is 3. The van der Waals surface area contributed by atoms with Crippen LogP contribution in [0.4, 0.5) is 13.2 Å². The number of hydrogen-bond donors (Lipinski definition) is 1. The largest absolute Gasteiger partial charge is 0.411 e. The minimum absolute atomic E-state index is 0.314. The lowest BCUT2D eigenvalue weighted by molar-refractivity contribution is -0.194. The van der Waals surface area contributed by atoms with Crippen LogP contribution in [0.5, 0.6) is 0 Å². The number of carbonyl (C=O) groups excluding carboxylic acids is 1. The van der Waals surface area contributed by atoms with Crippen LogP contribution in [0.3, 0.4) is 0 Å². The van der Waals surface area contributed by atoms with Crippen LogP contribution in [0.15, 0.2) is 29.2 Å². The van der Waals surface area contributed by atoms with E-state index in [4.69, 9.17) is 0 Å². The Balaban J connectivity index is 2.21. The van der Waals surface area contributed by atoms with E-state index in [0.717, 1.165) is 11.6 Å². The molecule has 0 saturated carbocycles. The predicted molar refractivity (Wildman–Crippen MR) is 72.3 cm³/mol. The molecule has 0 aliphatic rings. The summed E-state index contributed by atoms with van der Waals surface area (Å²) in [7, 11) is 0. The summed E-state index contributed by atoms with van der Waals surface area (Å²) in [4.78, 5) is 23.8. The topological polar surface area (TPSA) is 68.4 Å². The van der Waals surface area contributed by atoms with E-state index < -0.39 is 29.9 Å². The summed E-state index contributed by atoms with van der Waals surface area (Å²) in [6.07, 6.45) is -3.44. The van der Waals surface area contributed by atoms with E-state index in [1.807, 2.05) is 5.32 Å². The number of nitrogens with zero attached hydrogens (tertiary/aromatic N) is 3. The number of fused-ring (bicyclic) bond motifs is 1. The summed E-state index contributed by atoms with van der Waals surface area (Å²) in [6, 6.07) is 4.82. The van der Waals surface area contributed by atoms with Gasteiger partial charge >= 0.3 is 11.9 Å². The molecule has 0 aliphatic carbocycles. The van der Waals surface area contributed by atoms with Crippen LogP contribution in [0.1, 0.15) is 20.3 Å². The molecule has 1 amide bonds. The summed E-state index contributed by atoms with van der Waals surface area (Å²) in [5.74, 6) is -0.924. The molecule has 1 unspecified atom stereocenters. The molecule has 2 heterocycles. The molecular formula is C13H15F3N4O2. The van der Waals surface area contributed by atoms with E-state index in [9.17, 15) is 22.8 Å². The predicted octanol–water partition coefficient (Wildman–Crippen LogP) is 1.34. The minimum atomic E-state index is -4.58. The molecule has 0 radical (unpaired) electrons. The third-order valence-electron chi connectivity index (χ3n) is 3.53. The molecule has 0 saturated heterocycles. The van der Waals surface area contributed by atoms with Crippen molar-refractivity contribution < 1.29 is 18.0 Å². The van der Waals surface area contributed by atoms with Crippen LogP contribution < -0.4 is 11.0 Å². The molecule has 0 spiro atoms. The van der Waals surface area contributed by atoms with E-state index in [1.165, 1.54) is 17.5 Å². The quantitative estimate of drug-likeness (QED) is 0.925. The van der Waals surface area contributed by atoms with Gasteiger partial charge in [-0.1, -0.05) is 13.0 Å². The lowest BCUT2D eigenvalue weighted by Crippen LogP contribution is -2.57. The van der Waals surface area contributed by atoms with Crippen molar-refractivity contribution >= 4 is 11.6 Å². The first-order valence-electron chi connectivity index (χ1n) is 6.60. The summed E-state index contributed by atoms with van der Waals surface area (Å²) < 4.78 is 40.9. The zero-order valence-electron chi connectivity index (χ0n) is 12.0. The van der Waals surface area contributed by atoms with Gasteiger partial charge in [-0.2, -0.15) is 13.2 Å².